The number of hydrogen-bond donors (Lipinski definition) is 0. The molecule has 1 atom stereocenters. The van der Waals surface area contributed by atoms with Crippen molar-refractivity contribution in [3.63, 3.8) is 0 Å². The second-order valence-electron chi connectivity index (χ2n) is 16.6. The predicted molar refractivity (Wildman–Crippen MR) is 240 cm³/mol. The first-order valence-electron chi connectivity index (χ1n) is 20.4. The smallest absolute Gasteiger partial charge is 0.410 e. The molecule has 0 bridgehead atoms. The number of rotatable bonds is 9. The summed E-state index contributed by atoms with van der Waals surface area (Å²) in [5.41, 5.74) is 3.73. The molecule has 2 aromatic carbocycles. The fourth-order valence-corrected chi connectivity index (χ4v) is 6.96. The van der Waals surface area contributed by atoms with Gasteiger partial charge in [0.25, 0.3) is 0 Å². The number of hydrogen-bond acceptors (Lipinski definition) is 8. The molecule has 59 heavy (non-hydrogen) atoms. The van der Waals surface area contributed by atoms with Crippen molar-refractivity contribution in [1.82, 2.24) is 29.6 Å². The molecule has 2 amide bonds. The average Bonchev–Trinajstić information content (AvgIpc) is 3.20. The second kappa shape index (κ2) is 23.8. The van der Waals surface area contributed by atoms with E-state index in [4.69, 9.17) is 44.3 Å². The molecular weight excluding hydrogens is 807 g/mol. The Bertz CT molecular complexity index is 1810. The minimum atomic E-state index is -0.456. The summed E-state index contributed by atoms with van der Waals surface area (Å²) in [6.45, 7) is 19.5. The zero-order valence-electron chi connectivity index (χ0n) is 35.5. The highest BCUT2D eigenvalue weighted by Gasteiger charge is 2.27. The Morgan fingerprint density at radius 1 is 0.627 bits per heavy atom. The quantitative estimate of drug-likeness (QED) is 0.154. The number of pyridine rings is 2. The van der Waals surface area contributed by atoms with E-state index in [1.807, 2.05) is 121 Å². The number of ether oxygens (including phenoxy) is 2. The molecule has 1 unspecified atom stereocenters. The molecule has 0 saturated carbocycles. The van der Waals surface area contributed by atoms with Gasteiger partial charge in [0.2, 0.25) is 0 Å². The Kier molecular flexibility index (Phi) is 19.2. The molecule has 0 radical (unpaired) electrons. The first-order chi connectivity index (χ1) is 28.1. The van der Waals surface area contributed by atoms with Crippen LogP contribution in [0.4, 0.5) is 9.59 Å². The van der Waals surface area contributed by atoms with E-state index in [0.29, 0.717) is 19.0 Å². The highest BCUT2D eigenvalue weighted by molar-refractivity contribution is 6.30. The summed E-state index contributed by atoms with van der Waals surface area (Å²) in [7, 11) is 0. The highest BCUT2D eigenvalue weighted by Crippen LogP contribution is 2.28. The number of halogens is 3. The summed E-state index contributed by atoms with van der Waals surface area (Å²) in [5.74, 6) is 0.865. The summed E-state index contributed by atoms with van der Waals surface area (Å²) >= 11 is 17.5. The Hall–Kier alpha value is -3.93. The first-order valence-corrected chi connectivity index (χ1v) is 21.6. The molecule has 2 fully saturated rings. The molecule has 4 aromatic rings. The van der Waals surface area contributed by atoms with Crippen molar-refractivity contribution in [2.45, 2.75) is 71.5 Å². The van der Waals surface area contributed by atoms with Gasteiger partial charge in [0.15, 0.2) is 0 Å². The number of aromatic nitrogens is 2. The van der Waals surface area contributed by atoms with E-state index in [1.165, 1.54) is 11.1 Å². The number of nitrogens with zero attached hydrogens (tertiary/aromatic N) is 6. The Morgan fingerprint density at radius 2 is 1.10 bits per heavy atom. The molecule has 0 aliphatic carbocycles. The second-order valence-corrected chi connectivity index (χ2v) is 17.8. The van der Waals surface area contributed by atoms with Crippen LogP contribution in [-0.2, 0) is 15.9 Å². The molecule has 2 aliphatic heterocycles. The van der Waals surface area contributed by atoms with Crippen molar-refractivity contribution in [3.8, 4) is 0 Å². The van der Waals surface area contributed by atoms with Crippen LogP contribution in [0.1, 0.15) is 76.4 Å². The SMILES string of the molecule is CC(C)(C)OC(=O)N1CCN(CCC(c2ccc(Cl)cc2)c2ccccn2)CC1.CC(C)(C)OC(=O)N1CCN(CCCl)CC1.Clc1ccc(Cc2ccccn2)cc1. The third-order valence-electron chi connectivity index (χ3n) is 9.52. The van der Waals surface area contributed by atoms with Crippen LogP contribution >= 0.6 is 34.8 Å². The summed E-state index contributed by atoms with van der Waals surface area (Å²) in [6.07, 6.45) is 5.05. The lowest BCUT2D eigenvalue weighted by atomic mass is 9.91. The van der Waals surface area contributed by atoms with Crippen LogP contribution in [0.5, 0.6) is 0 Å². The van der Waals surface area contributed by atoms with Crippen molar-refractivity contribution in [1.29, 1.82) is 0 Å². The summed E-state index contributed by atoms with van der Waals surface area (Å²) in [5, 5.41) is 1.52. The predicted octanol–water partition coefficient (Wildman–Crippen LogP) is 9.91. The van der Waals surface area contributed by atoms with Gasteiger partial charge < -0.3 is 19.3 Å². The Labute approximate surface area is 366 Å². The maximum Gasteiger partial charge on any atom is 0.410 e. The average molecular weight is 868 g/mol. The van der Waals surface area contributed by atoms with Crippen molar-refractivity contribution in [2.24, 2.45) is 0 Å². The summed E-state index contributed by atoms with van der Waals surface area (Å²) in [6, 6.07) is 27.9. The van der Waals surface area contributed by atoms with Gasteiger partial charge in [-0.3, -0.25) is 19.8 Å². The van der Waals surface area contributed by atoms with Gasteiger partial charge in [0, 0.05) is 111 Å². The van der Waals surface area contributed by atoms with E-state index in [9.17, 15) is 9.59 Å². The number of alkyl halides is 1. The van der Waals surface area contributed by atoms with Gasteiger partial charge >= 0.3 is 12.2 Å². The molecule has 10 nitrogen and oxygen atoms in total. The molecule has 2 aromatic heterocycles. The third-order valence-corrected chi connectivity index (χ3v) is 10.2. The highest BCUT2D eigenvalue weighted by atomic mass is 35.5. The lowest BCUT2D eigenvalue weighted by Crippen LogP contribution is -2.50. The molecule has 0 spiro atoms. The number of carbonyl (C=O) groups excluding carboxylic acids is 2. The van der Waals surface area contributed by atoms with E-state index < -0.39 is 11.2 Å². The topological polar surface area (TPSA) is 91.3 Å². The fourth-order valence-electron chi connectivity index (χ4n) is 6.47. The number of carbonyl (C=O) groups is 2. The summed E-state index contributed by atoms with van der Waals surface area (Å²) in [4.78, 5) is 41.1. The van der Waals surface area contributed by atoms with Gasteiger partial charge in [-0.25, -0.2) is 9.59 Å². The van der Waals surface area contributed by atoms with Crippen LogP contribution in [0.15, 0.2) is 97.3 Å². The van der Waals surface area contributed by atoms with Gasteiger partial charge in [-0.1, -0.05) is 59.6 Å². The summed E-state index contributed by atoms with van der Waals surface area (Å²) < 4.78 is 10.8. The first kappa shape index (κ1) is 47.7. The van der Waals surface area contributed by atoms with Gasteiger partial charge in [-0.05, 0) is 114 Å². The third kappa shape index (κ3) is 18.1. The number of piperazine rings is 2. The van der Waals surface area contributed by atoms with Crippen LogP contribution in [-0.4, -0.2) is 124 Å². The lowest BCUT2D eigenvalue weighted by Gasteiger charge is -2.36. The lowest BCUT2D eigenvalue weighted by molar-refractivity contribution is 0.0137. The van der Waals surface area contributed by atoms with E-state index >= 15 is 0 Å². The van der Waals surface area contributed by atoms with Gasteiger partial charge in [0.1, 0.15) is 11.2 Å². The van der Waals surface area contributed by atoms with E-state index in [0.717, 1.165) is 86.6 Å². The molecular formula is C46H61Cl3N6O4. The minimum absolute atomic E-state index is 0.210. The number of benzene rings is 2. The van der Waals surface area contributed by atoms with Crippen molar-refractivity contribution in [3.05, 3.63) is 130 Å². The molecule has 0 N–H and O–H groups in total. The number of amides is 2. The zero-order valence-corrected chi connectivity index (χ0v) is 37.7. The monoisotopic (exact) mass is 866 g/mol. The van der Waals surface area contributed by atoms with Crippen LogP contribution in [0.25, 0.3) is 0 Å². The minimum Gasteiger partial charge on any atom is -0.444 e. The maximum absolute atomic E-state index is 12.3. The normalized spacial score (nSPS) is 15.5. The molecule has 2 saturated heterocycles. The van der Waals surface area contributed by atoms with Crippen molar-refractivity contribution >= 4 is 47.0 Å². The molecule has 13 heteroatoms. The van der Waals surface area contributed by atoms with Gasteiger partial charge in [-0.2, -0.15) is 0 Å². The molecule has 2 aliphatic rings. The van der Waals surface area contributed by atoms with Crippen molar-refractivity contribution < 1.29 is 19.1 Å². The van der Waals surface area contributed by atoms with E-state index in [2.05, 4.69) is 38.0 Å². The zero-order chi connectivity index (χ0) is 42.8. The van der Waals surface area contributed by atoms with Crippen LogP contribution < -0.4 is 0 Å². The van der Waals surface area contributed by atoms with E-state index in [-0.39, 0.29) is 18.1 Å². The molecule has 6 rings (SSSR count). The van der Waals surface area contributed by atoms with Gasteiger partial charge in [0.05, 0.1) is 0 Å². The van der Waals surface area contributed by atoms with Gasteiger partial charge in [-0.15, -0.1) is 11.6 Å². The Morgan fingerprint density at radius 3 is 1.54 bits per heavy atom. The molecule has 4 heterocycles. The standard InChI is InChI=1S/C23H30ClN3O2.C12H10ClN.C11H21ClN2O2/c1-23(2,3)29-22(28)27-16-14-26(15-17-27)13-11-20(21-6-4-5-12-25-21)18-7-9-19(24)10-8-18;13-11-6-4-10(5-7-11)9-12-3-1-2-8-14-12;1-11(2,3)16-10(15)14-8-6-13(5-4-12)7-9-14/h4-10,12,20H,11,13-17H2,1-3H3;1-8H,9H2;4-9H2,1-3H3. The largest absolute Gasteiger partial charge is 0.444 e. The van der Waals surface area contributed by atoms with Crippen LogP contribution in [0, 0.1) is 0 Å². The van der Waals surface area contributed by atoms with Crippen LogP contribution in [0.3, 0.4) is 0 Å². The van der Waals surface area contributed by atoms with Crippen LogP contribution in [0.2, 0.25) is 10.0 Å². The van der Waals surface area contributed by atoms with Crippen molar-refractivity contribution in [2.75, 3.05) is 71.3 Å². The Balaban J connectivity index is 0.000000216. The fraction of sp³-hybridized carbons (Fsp3) is 0.478. The maximum atomic E-state index is 12.3. The van der Waals surface area contributed by atoms with E-state index in [1.54, 1.807) is 9.80 Å². The molecule has 320 valence electrons.